The summed E-state index contributed by atoms with van der Waals surface area (Å²) in [4.78, 5) is 15.9. The molecular weight excluding hydrogens is 344 g/mol. The van der Waals surface area contributed by atoms with Gasteiger partial charge in [-0.05, 0) is 59.7 Å². The molecule has 2 N–H and O–H groups in total. The standard InChI is InChI=1S/C24H22N4/c1-2-6-23-21(5-1)19(16-27-23)4-3-7-24-26-13-11-20(28-24)15-17-8-9-22-18(14-17)10-12-25-22/h1-2,5-6,8-14,16,25,27H,3-4,7,15H2. The van der Waals surface area contributed by atoms with Crippen LogP contribution in [0.25, 0.3) is 21.8 Å². The fourth-order valence-corrected chi connectivity index (χ4v) is 3.86. The molecule has 0 spiro atoms. The molecule has 5 rings (SSSR count). The van der Waals surface area contributed by atoms with Crippen LogP contribution in [0, 0.1) is 0 Å². The molecule has 0 bridgehead atoms. The van der Waals surface area contributed by atoms with Crippen LogP contribution in [0.15, 0.2) is 73.2 Å². The molecular formula is C24H22N4. The maximum absolute atomic E-state index is 4.79. The molecule has 0 radical (unpaired) electrons. The molecule has 0 atom stereocenters. The molecule has 4 nitrogen and oxygen atoms in total. The van der Waals surface area contributed by atoms with Crippen molar-refractivity contribution in [3.8, 4) is 0 Å². The maximum atomic E-state index is 4.79. The van der Waals surface area contributed by atoms with Gasteiger partial charge in [0.25, 0.3) is 0 Å². The molecule has 3 aromatic heterocycles. The Kier molecular flexibility index (Phi) is 4.37. The number of hydrogen-bond acceptors (Lipinski definition) is 2. The van der Waals surface area contributed by atoms with Crippen molar-refractivity contribution in [3.63, 3.8) is 0 Å². The van der Waals surface area contributed by atoms with E-state index in [0.717, 1.165) is 37.2 Å². The number of para-hydroxylation sites is 1. The topological polar surface area (TPSA) is 57.4 Å². The van der Waals surface area contributed by atoms with Gasteiger partial charge < -0.3 is 9.97 Å². The molecule has 0 aliphatic carbocycles. The molecule has 0 aliphatic rings. The van der Waals surface area contributed by atoms with Crippen molar-refractivity contribution < 1.29 is 0 Å². The first-order valence-corrected chi connectivity index (χ1v) is 9.77. The van der Waals surface area contributed by atoms with E-state index >= 15 is 0 Å². The summed E-state index contributed by atoms with van der Waals surface area (Å²) in [6.45, 7) is 0. The van der Waals surface area contributed by atoms with Crippen molar-refractivity contribution in [2.45, 2.75) is 25.7 Å². The Morgan fingerprint density at radius 2 is 1.82 bits per heavy atom. The van der Waals surface area contributed by atoms with Gasteiger partial charge in [0, 0.05) is 53.5 Å². The third kappa shape index (κ3) is 3.41. The highest BCUT2D eigenvalue weighted by Crippen LogP contribution is 2.20. The van der Waals surface area contributed by atoms with E-state index in [1.807, 2.05) is 18.5 Å². The summed E-state index contributed by atoms with van der Waals surface area (Å²) in [5, 5.41) is 2.56. The third-order valence-electron chi connectivity index (χ3n) is 5.29. The third-order valence-corrected chi connectivity index (χ3v) is 5.29. The highest BCUT2D eigenvalue weighted by Gasteiger charge is 2.06. The summed E-state index contributed by atoms with van der Waals surface area (Å²) in [5.74, 6) is 0.931. The smallest absolute Gasteiger partial charge is 0.128 e. The van der Waals surface area contributed by atoms with Gasteiger partial charge in [0.1, 0.15) is 5.82 Å². The van der Waals surface area contributed by atoms with Gasteiger partial charge in [-0.25, -0.2) is 9.97 Å². The van der Waals surface area contributed by atoms with Crippen molar-refractivity contribution in [1.82, 2.24) is 19.9 Å². The number of benzene rings is 2. The van der Waals surface area contributed by atoms with Crippen molar-refractivity contribution in [1.29, 1.82) is 0 Å². The summed E-state index contributed by atoms with van der Waals surface area (Å²) >= 11 is 0. The first-order chi connectivity index (χ1) is 13.8. The minimum absolute atomic E-state index is 0.832. The van der Waals surface area contributed by atoms with Crippen LogP contribution >= 0.6 is 0 Å². The van der Waals surface area contributed by atoms with Crippen LogP contribution in [-0.4, -0.2) is 19.9 Å². The summed E-state index contributed by atoms with van der Waals surface area (Å²) in [7, 11) is 0. The van der Waals surface area contributed by atoms with Gasteiger partial charge >= 0.3 is 0 Å². The second kappa shape index (κ2) is 7.31. The van der Waals surface area contributed by atoms with Crippen molar-refractivity contribution in [3.05, 3.63) is 95.8 Å². The quantitative estimate of drug-likeness (QED) is 0.434. The molecule has 0 aliphatic heterocycles. The number of rotatable bonds is 6. The number of H-pyrrole nitrogens is 2. The van der Waals surface area contributed by atoms with Crippen LogP contribution in [0.3, 0.4) is 0 Å². The van der Waals surface area contributed by atoms with Crippen LogP contribution < -0.4 is 0 Å². The van der Waals surface area contributed by atoms with Gasteiger partial charge in [0.2, 0.25) is 0 Å². The van der Waals surface area contributed by atoms with E-state index in [9.17, 15) is 0 Å². The predicted molar refractivity (Wildman–Crippen MR) is 113 cm³/mol. The SMILES string of the molecule is c1ccc2c(CCCc3nccc(Cc4ccc5[nH]ccc5c4)n3)c[nH]c2c1. The molecule has 4 heteroatoms. The Labute approximate surface area is 163 Å². The highest BCUT2D eigenvalue weighted by molar-refractivity contribution is 5.83. The lowest BCUT2D eigenvalue weighted by Gasteiger charge is -2.05. The van der Waals surface area contributed by atoms with Crippen LogP contribution in [-0.2, 0) is 19.3 Å². The lowest BCUT2D eigenvalue weighted by molar-refractivity contribution is 0.764. The zero-order valence-corrected chi connectivity index (χ0v) is 15.7. The summed E-state index contributed by atoms with van der Waals surface area (Å²) in [6.07, 6.45) is 9.79. The maximum Gasteiger partial charge on any atom is 0.128 e. The Balaban J connectivity index is 1.25. The van der Waals surface area contributed by atoms with E-state index in [2.05, 4.69) is 69.7 Å². The number of aromatic nitrogens is 4. The Morgan fingerprint density at radius 1 is 0.857 bits per heavy atom. The molecule has 0 amide bonds. The van der Waals surface area contributed by atoms with E-state index in [0.29, 0.717) is 0 Å². The number of nitrogens with zero attached hydrogens (tertiary/aromatic N) is 2. The monoisotopic (exact) mass is 366 g/mol. The van der Waals surface area contributed by atoms with Gasteiger partial charge in [-0.2, -0.15) is 0 Å². The van der Waals surface area contributed by atoms with E-state index in [4.69, 9.17) is 4.98 Å². The first-order valence-electron chi connectivity index (χ1n) is 9.77. The van der Waals surface area contributed by atoms with Crippen LogP contribution in [0.5, 0.6) is 0 Å². The summed E-state index contributed by atoms with van der Waals surface area (Å²) in [6, 6.07) is 19.1. The predicted octanol–water partition coefficient (Wildman–Crippen LogP) is 5.21. The molecule has 138 valence electrons. The van der Waals surface area contributed by atoms with Crippen LogP contribution in [0.4, 0.5) is 0 Å². The largest absolute Gasteiger partial charge is 0.361 e. The minimum atomic E-state index is 0.832. The molecule has 5 aromatic rings. The van der Waals surface area contributed by atoms with E-state index in [1.165, 1.54) is 32.9 Å². The molecule has 2 aromatic carbocycles. The average Bonchev–Trinajstić information content (AvgIpc) is 3.35. The van der Waals surface area contributed by atoms with Gasteiger partial charge in [-0.1, -0.05) is 24.3 Å². The fourth-order valence-electron chi connectivity index (χ4n) is 3.86. The zero-order valence-electron chi connectivity index (χ0n) is 15.7. The number of aryl methyl sites for hydroxylation is 2. The second-order valence-corrected chi connectivity index (χ2v) is 7.25. The Bertz CT molecular complexity index is 1230. The fraction of sp³-hybridized carbons (Fsp3) is 0.167. The minimum Gasteiger partial charge on any atom is -0.361 e. The van der Waals surface area contributed by atoms with Gasteiger partial charge in [-0.15, -0.1) is 0 Å². The van der Waals surface area contributed by atoms with E-state index in [-0.39, 0.29) is 0 Å². The summed E-state index contributed by atoms with van der Waals surface area (Å²) in [5.41, 5.74) is 6.09. The second-order valence-electron chi connectivity index (χ2n) is 7.25. The molecule has 28 heavy (non-hydrogen) atoms. The molecule has 0 unspecified atom stereocenters. The first kappa shape index (κ1) is 16.8. The van der Waals surface area contributed by atoms with Crippen molar-refractivity contribution in [2.24, 2.45) is 0 Å². The lowest BCUT2D eigenvalue weighted by Crippen LogP contribution is -2.01. The zero-order chi connectivity index (χ0) is 18.8. The van der Waals surface area contributed by atoms with Crippen molar-refractivity contribution in [2.75, 3.05) is 0 Å². The number of fused-ring (bicyclic) bond motifs is 2. The molecule has 0 saturated heterocycles. The van der Waals surface area contributed by atoms with E-state index in [1.54, 1.807) is 0 Å². The van der Waals surface area contributed by atoms with Crippen LogP contribution in [0.1, 0.15) is 29.1 Å². The molecule has 0 fully saturated rings. The number of hydrogen-bond donors (Lipinski definition) is 2. The van der Waals surface area contributed by atoms with Gasteiger partial charge in [0.05, 0.1) is 0 Å². The molecule has 0 saturated carbocycles. The number of aromatic amines is 2. The lowest BCUT2D eigenvalue weighted by atomic mass is 10.1. The van der Waals surface area contributed by atoms with E-state index < -0.39 is 0 Å². The normalized spacial score (nSPS) is 11.4. The van der Waals surface area contributed by atoms with Crippen LogP contribution in [0.2, 0.25) is 0 Å². The van der Waals surface area contributed by atoms with Crippen molar-refractivity contribution >= 4 is 21.8 Å². The average molecular weight is 366 g/mol. The molecule has 3 heterocycles. The Morgan fingerprint density at radius 3 is 2.82 bits per heavy atom. The number of nitrogens with one attached hydrogen (secondary N) is 2. The van der Waals surface area contributed by atoms with Gasteiger partial charge in [0.15, 0.2) is 0 Å². The van der Waals surface area contributed by atoms with Gasteiger partial charge in [-0.3, -0.25) is 0 Å². The summed E-state index contributed by atoms with van der Waals surface area (Å²) < 4.78 is 0. The highest BCUT2D eigenvalue weighted by atomic mass is 14.9. The Hall–Kier alpha value is -3.40.